The van der Waals surface area contributed by atoms with Gasteiger partial charge >= 0.3 is 59.1 Å². The molecule has 1 fully saturated rings. The smallest absolute Gasteiger partial charge is 0.811 e. The summed E-state index contributed by atoms with van der Waals surface area (Å²) in [6.45, 7) is 0. The quantitative estimate of drug-likeness (QED) is 0.289. The number of rotatable bonds is 4. The van der Waals surface area contributed by atoms with E-state index in [0.29, 0.717) is 0 Å². The molecule has 0 bridgehead atoms. The average molecular weight is 332 g/mol. The van der Waals surface area contributed by atoms with Crippen LogP contribution < -0.4 is 68.9 Å². The molecule has 1 rings (SSSR count). The molecule has 0 aromatic heterocycles. The standard InChI is InChI=1S/C8H17O9P.2Na/c1-16-8-6(12)4(10)5(11)7(17-8)3(9)2-18(13,14)15;;/h3-12H,2H2,1H3,(H2,13,14,15);;/q;2*+1/p-2/t3-,4+,5+,6+,7-,8+;;/m1../s1. The monoisotopic (exact) mass is 332 g/mol. The summed E-state index contributed by atoms with van der Waals surface area (Å²) in [4.78, 5) is 21.0. The Balaban J connectivity index is 0. The summed E-state index contributed by atoms with van der Waals surface area (Å²) in [7, 11) is -3.86. The second-order valence-electron chi connectivity index (χ2n) is 4.04. The van der Waals surface area contributed by atoms with Crippen molar-refractivity contribution in [2.75, 3.05) is 13.3 Å². The summed E-state index contributed by atoms with van der Waals surface area (Å²) in [6.07, 6.45) is -10.9. The van der Waals surface area contributed by atoms with E-state index in [1.807, 2.05) is 0 Å². The maximum Gasteiger partial charge on any atom is 1.00 e. The zero-order valence-corrected chi connectivity index (χ0v) is 16.3. The Bertz CT molecular complexity index is 325. The first-order chi connectivity index (χ1) is 8.17. The average Bonchev–Trinajstić information content (AvgIpc) is 2.24. The zero-order valence-electron chi connectivity index (χ0n) is 11.4. The molecule has 1 aliphatic rings. The van der Waals surface area contributed by atoms with Gasteiger partial charge in [0.15, 0.2) is 6.29 Å². The minimum atomic E-state index is -5.00. The molecule has 108 valence electrons. The second kappa shape index (κ2) is 9.92. The molecular formula is C8H15Na2O9P. The minimum absolute atomic E-state index is 0. The predicted octanol–water partition coefficient (Wildman–Crippen LogP) is -10.3. The van der Waals surface area contributed by atoms with Crippen LogP contribution >= 0.6 is 7.60 Å². The van der Waals surface area contributed by atoms with E-state index in [1.54, 1.807) is 0 Å². The van der Waals surface area contributed by atoms with Crippen LogP contribution in [0.15, 0.2) is 0 Å². The van der Waals surface area contributed by atoms with Gasteiger partial charge in [0.2, 0.25) is 0 Å². The van der Waals surface area contributed by atoms with E-state index >= 15 is 0 Å². The van der Waals surface area contributed by atoms with Crippen molar-refractivity contribution in [3.63, 3.8) is 0 Å². The molecule has 1 heterocycles. The van der Waals surface area contributed by atoms with Crippen LogP contribution in [0, 0.1) is 0 Å². The van der Waals surface area contributed by atoms with Crippen molar-refractivity contribution in [3.05, 3.63) is 0 Å². The first-order valence-corrected chi connectivity index (χ1v) is 6.81. The number of aliphatic hydroxyl groups is 4. The summed E-state index contributed by atoms with van der Waals surface area (Å²) >= 11 is 0. The first-order valence-electron chi connectivity index (χ1n) is 5.09. The largest absolute Gasteiger partial charge is 1.00 e. The van der Waals surface area contributed by atoms with Gasteiger partial charge in [-0.15, -0.1) is 0 Å². The van der Waals surface area contributed by atoms with Crippen LogP contribution in [0.1, 0.15) is 0 Å². The van der Waals surface area contributed by atoms with Crippen molar-refractivity contribution in [2.24, 2.45) is 0 Å². The summed E-state index contributed by atoms with van der Waals surface area (Å²) in [5.41, 5.74) is 0. The summed E-state index contributed by atoms with van der Waals surface area (Å²) < 4.78 is 20.1. The van der Waals surface area contributed by atoms with E-state index in [4.69, 9.17) is 4.74 Å². The van der Waals surface area contributed by atoms with Crippen LogP contribution in [0.3, 0.4) is 0 Å². The van der Waals surface area contributed by atoms with Crippen molar-refractivity contribution >= 4 is 7.60 Å². The molecule has 4 N–H and O–H groups in total. The second-order valence-corrected chi connectivity index (χ2v) is 5.62. The molecule has 6 atom stereocenters. The fourth-order valence-electron chi connectivity index (χ4n) is 1.72. The van der Waals surface area contributed by atoms with Crippen molar-refractivity contribution < 1.29 is 103 Å². The van der Waals surface area contributed by atoms with E-state index in [2.05, 4.69) is 4.74 Å². The summed E-state index contributed by atoms with van der Waals surface area (Å²) in [6, 6.07) is 0. The van der Waals surface area contributed by atoms with E-state index < -0.39 is 50.6 Å². The molecule has 0 aromatic carbocycles. The fourth-order valence-corrected chi connectivity index (χ4v) is 2.39. The Kier molecular flexibility index (Phi) is 12.0. The Labute approximate surface area is 160 Å². The molecule has 20 heavy (non-hydrogen) atoms. The van der Waals surface area contributed by atoms with E-state index in [-0.39, 0.29) is 59.1 Å². The van der Waals surface area contributed by atoms with Crippen LogP contribution in [0.4, 0.5) is 0 Å². The van der Waals surface area contributed by atoms with Gasteiger partial charge in [-0.25, -0.2) is 0 Å². The third kappa shape index (κ3) is 6.57. The molecule has 0 aromatic rings. The van der Waals surface area contributed by atoms with Gasteiger partial charge in [-0.2, -0.15) is 0 Å². The number of hydrogen-bond donors (Lipinski definition) is 4. The molecule has 0 saturated carbocycles. The molecule has 0 unspecified atom stereocenters. The van der Waals surface area contributed by atoms with Crippen LogP contribution in [0.5, 0.6) is 0 Å². The Hall–Kier alpha value is 1.91. The first kappa shape index (κ1) is 24.2. The fraction of sp³-hybridized carbons (Fsp3) is 1.00. The minimum Gasteiger partial charge on any atom is -0.811 e. The molecule has 0 spiro atoms. The van der Waals surface area contributed by atoms with Gasteiger partial charge in [0.25, 0.3) is 0 Å². The maximum absolute atomic E-state index is 10.5. The number of hydrogen-bond acceptors (Lipinski definition) is 9. The zero-order chi connectivity index (χ0) is 14.1. The number of methoxy groups -OCH3 is 1. The van der Waals surface area contributed by atoms with Gasteiger partial charge in [0.05, 0.1) is 6.10 Å². The van der Waals surface area contributed by atoms with E-state index in [0.717, 1.165) is 7.11 Å². The molecule has 1 saturated heterocycles. The van der Waals surface area contributed by atoms with E-state index in [9.17, 15) is 34.8 Å². The van der Waals surface area contributed by atoms with Crippen LogP contribution in [-0.2, 0) is 14.0 Å². The molecule has 0 aliphatic carbocycles. The molecule has 1 aliphatic heterocycles. The Morgan fingerprint density at radius 2 is 1.70 bits per heavy atom. The van der Waals surface area contributed by atoms with Crippen LogP contribution in [0.2, 0.25) is 0 Å². The van der Waals surface area contributed by atoms with Crippen molar-refractivity contribution in [1.29, 1.82) is 0 Å². The summed E-state index contributed by atoms with van der Waals surface area (Å²) in [5.74, 6) is 0. The maximum atomic E-state index is 10.5. The summed E-state index contributed by atoms with van der Waals surface area (Å²) in [5, 5.41) is 37.9. The molecule has 12 heteroatoms. The number of ether oxygens (including phenoxy) is 2. The molecule has 0 radical (unpaired) electrons. The normalized spacial score (nSPS) is 35.6. The van der Waals surface area contributed by atoms with Gasteiger partial charge in [-0.1, -0.05) is 7.60 Å². The Morgan fingerprint density at radius 1 is 1.20 bits per heavy atom. The SMILES string of the molecule is CO[C@H]1O[C@H]([C@H](O)CP(=O)([O-])[O-])[C@@H](O)[C@H](O)[C@@H]1O.[Na+].[Na+]. The third-order valence-corrected chi connectivity index (χ3v) is 3.45. The molecule has 0 amide bonds. The van der Waals surface area contributed by atoms with Crippen molar-refractivity contribution in [1.82, 2.24) is 0 Å². The third-order valence-electron chi connectivity index (χ3n) is 2.63. The van der Waals surface area contributed by atoms with Crippen molar-refractivity contribution in [2.45, 2.75) is 36.8 Å². The molecular weight excluding hydrogens is 317 g/mol. The molecule has 9 nitrogen and oxygen atoms in total. The predicted molar refractivity (Wildman–Crippen MR) is 52.2 cm³/mol. The number of aliphatic hydroxyl groups excluding tert-OH is 4. The van der Waals surface area contributed by atoms with Crippen molar-refractivity contribution in [3.8, 4) is 0 Å². The van der Waals surface area contributed by atoms with Gasteiger partial charge in [-0.05, 0) is 0 Å². The van der Waals surface area contributed by atoms with Gasteiger partial charge in [0, 0.05) is 13.3 Å². The van der Waals surface area contributed by atoms with Crippen LogP contribution in [-0.4, -0.2) is 70.5 Å². The Morgan fingerprint density at radius 3 is 2.10 bits per heavy atom. The van der Waals surface area contributed by atoms with Gasteiger partial charge < -0.3 is 44.3 Å². The van der Waals surface area contributed by atoms with Gasteiger partial charge in [-0.3, -0.25) is 0 Å². The van der Waals surface area contributed by atoms with Crippen LogP contribution in [0.25, 0.3) is 0 Å². The topological polar surface area (TPSA) is 163 Å². The van der Waals surface area contributed by atoms with E-state index in [1.165, 1.54) is 0 Å². The van der Waals surface area contributed by atoms with Gasteiger partial charge in [0.1, 0.15) is 24.4 Å².